The Bertz CT molecular complexity index is 1340. The minimum Gasteiger partial charge on any atom is -0.425 e. The number of pyridine rings is 1. The monoisotopic (exact) mass is 528 g/mol. The van der Waals surface area contributed by atoms with E-state index in [9.17, 15) is 10.0 Å². The Balaban J connectivity index is 1.23. The first kappa shape index (κ1) is 25.6. The Kier molecular flexibility index (Phi) is 7.37. The maximum Gasteiger partial charge on any atom is 0.415 e. The number of oxime groups is 1. The van der Waals surface area contributed by atoms with Gasteiger partial charge in [-0.15, -0.1) is 0 Å². The van der Waals surface area contributed by atoms with Crippen molar-refractivity contribution < 1.29 is 19.2 Å². The molecule has 0 spiro atoms. The summed E-state index contributed by atoms with van der Waals surface area (Å²) in [5, 5.41) is 15.8. The first-order valence-corrected chi connectivity index (χ1v) is 14.2. The van der Waals surface area contributed by atoms with Crippen LogP contribution in [0, 0.1) is 0 Å². The summed E-state index contributed by atoms with van der Waals surface area (Å²) in [5.74, 6) is 0.779. The Hall–Kier alpha value is -3.65. The van der Waals surface area contributed by atoms with Gasteiger partial charge in [-0.2, -0.15) is 0 Å². The van der Waals surface area contributed by atoms with Crippen LogP contribution in [0.1, 0.15) is 68.9 Å². The van der Waals surface area contributed by atoms with Gasteiger partial charge in [0.2, 0.25) is 0 Å². The number of hydrogen-bond donors (Lipinski definition) is 2. The highest BCUT2D eigenvalue weighted by molar-refractivity contribution is 6.04. The molecule has 2 aromatic heterocycles. The van der Waals surface area contributed by atoms with Crippen LogP contribution in [-0.2, 0) is 6.42 Å². The van der Waals surface area contributed by atoms with E-state index in [2.05, 4.69) is 26.4 Å². The maximum atomic E-state index is 13.0. The van der Waals surface area contributed by atoms with Gasteiger partial charge in [-0.1, -0.05) is 43.0 Å². The normalized spacial score (nSPS) is 20.1. The fourth-order valence-electron chi connectivity index (χ4n) is 6.64. The van der Waals surface area contributed by atoms with E-state index in [1.54, 1.807) is 18.5 Å². The van der Waals surface area contributed by atoms with Gasteiger partial charge in [-0.05, 0) is 80.9 Å². The van der Waals surface area contributed by atoms with Crippen LogP contribution in [0.4, 0.5) is 4.79 Å². The number of amides is 1. The summed E-state index contributed by atoms with van der Waals surface area (Å²) in [7, 11) is 0. The highest BCUT2D eigenvalue weighted by Crippen LogP contribution is 2.40. The van der Waals surface area contributed by atoms with Gasteiger partial charge in [0.1, 0.15) is 5.76 Å². The van der Waals surface area contributed by atoms with Crippen molar-refractivity contribution in [2.24, 2.45) is 5.16 Å². The lowest BCUT2D eigenvalue weighted by molar-refractivity contribution is 0.0339. The number of furan rings is 1. The van der Waals surface area contributed by atoms with Crippen molar-refractivity contribution in [2.75, 3.05) is 19.6 Å². The molecule has 0 atom stereocenters. The van der Waals surface area contributed by atoms with Gasteiger partial charge < -0.3 is 19.7 Å². The zero-order chi connectivity index (χ0) is 26.7. The second-order valence-corrected chi connectivity index (χ2v) is 11.0. The number of aryl methyl sites for hydroxylation is 1. The van der Waals surface area contributed by atoms with E-state index in [-0.39, 0.29) is 11.5 Å². The lowest BCUT2D eigenvalue weighted by atomic mass is 9.79. The highest BCUT2D eigenvalue weighted by atomic mass is 16.6. The first-order valence-electron chi connectivity index (χ1n) is 14.2. The molecule has 1 saturated heterocycles. The van der Waals surface area contributed by atoms with Crippen LogP contribution < -0.4 is 10.1 Å². The molecule has 0 radical (unpaired) electrons. The molecule has 6 rings (SSSR count). The van der Waals surface area contributed by atoms with Crippen LogP contribution in [-0.4, -0.2) is 52.1 Å². The Labute approximate surface area is 229 Å². The minimum absolute atomic E-state index is 0.0232. The van der Waals surface area contributed by atoms with Crippen molar-refractivity contribution in [3.8, 4) is 28.4 Å². The highest BCUT2D eigenvalue weighted by Gasteiger charge is 2.38. The fourth-order valence-corrected chi connectivity index (χ4v) is 6.64. The molecule has 2 aliphatic carbocycles. The van der Waals surface area contributed by atoms with E-state index in [1.165, 1.54) is 38.5 Å². The summed E-state index contributed by atoms with van der Waals surface area (Å²) < 4.78 is 11.9. The van der Waals surface area contributed by atoms with E-state index in [0.29, 0.717) is 24.4 Å². The molecule has 3 aromatic rings. The van der Waals surface area contributed by atoms with Crippen molar-refractivity contribution >= 4 is 11.8 Å². The third-order valence-electron chi connectivity index (χ3n) is 8.70. The molecule has 3 heterocycles. The van der Waals surface area contributed by atoms with Crippen LogP contribution >= 0.6 is 0 Å². The number of ether oxygens (including phenoxy) is 1. The molecule has 2 fully saturated rings. The molecule has 1 aromatic carbocycles. The average Bonchev–Trinajstić information content (AvgIpc) is 3.61. The quantitative estimate of drug-likeness (QED) is 0.283. The third-order valence-corrected chi connectivity index (χ3v) is 8.70. The second-order valence-electron chi connectivity index (χ2n) is 11.0. The molecule has 1 aliphatic heterocycles. The van der Waals surface area contributed by atoms with Crippen molar-refractivity contribution in [2.45, 2.75) is 69.7 Å². The third kappa shape index (κ3) is 5.30. The maximum absolute atomic E-state index is 13.0. The van der Waals surface area contributed by atoms with Gasteiger partial charge in [-0.3, -0.25) is 9.88 Å². The standard InChI is InChI=1S/C31H36N4O4/c36-30(33-21-31(13-3-1-4-14-31)35-17-5-2-6-18-35)39-28-20-26(22-11-15-32-16-12-22)29(38-28)24-7-9-25-23(19-24)8-10-27(25)34-37/h7,9,11-12,15-16,19-20,37H,1-6,8,10,13-14,17-18,21H2,(H,33,36). The fraction of sp³-hybridized carbons (Fsp3) is 0.452. The SMILES string of the molecule is O=C(NCC1(N2CCCCC2)CCCCC1)Oc1cc(-c2ccncc2)c(-c2ccc3c(c2)CCC3=NO)o1. The zero-order valence-electron chi connectivity index (χ0n) is 22.3. The summed E-state index contributed by atoms with van der Waals surface area (Å²) in [5.41, 5.74) is 5.41. The molecule has 39 heavy (non-hydrogen) atoms. The summed E-state index contributed by atoms with van der Waals surface area (Å²) in [4.78, 5) is 19.8. The number of carbonyl (C=O) groups excluding carboxylic acids is 1. The smallest absolute Gasteiger partial charge is 0.415 e. The number of carbonyl (C=O) groups is 1. The van der Waals surface area contributed by atoms with E-state index in [4.69, 9.17) is 9.15 Å². The van der Waals surface area contributed by atoms with E-state index < -0.39 is 6.09 Å². The Morgan fingerprint density at radius 1 is 0.974 bits per heavy atom. The van der Waals surface area contributed by atoms with Crippen LogP contribution in [0.2, 0.25) is 0 Å². The van der Waals surface area contributed by atoms with Gasteiger partial charge in [0, 0.05) is 47.2 Å². The molecular weight excluding hydrogens is 492 g/mol. The van der Waals surface area contributed by atoms with Crippen LogP contribution in [0.15, 0.2) is 58.4 Å². The second kappa shape index (κ2) is 11.2. The number of aromatic nitrogens is 1. The number of fused-ring (bicyclic) bond motifs is 1. The van der Waals surface area contributed by atoms with Crippen LogP contribution in [0.5, 0.6) is 5.95 Å². The molecule has 0 unspecified atom stereocenters. The van der Waals surface area contributed by atoms with Crippen molar-refractivity contribution in [1.29, 1.82) is 0 Å². The number of rotatable bonds is 6. The molecule has 1 saturated carbocycles. The summed E-state index contributed by atoms with van der Waals surface area (Å²) in [6.07, 6.45) is 14.2. The van der Waals surface area contributed by atoms with Crippen molar-refractivity contribution in [3.05, 3.63) is 59.9 Å². The van der Waals surface area contributed by atoms with Gasteiger partial charge in [0.05, 0.1) is 5.71 Å². The van der Waals surface area contributed by atoms with E-state index in [0.717, 1.165) is 60.2 Å². The number of hydrogen-bond acceptors (Lipinski definition) is 7. The molecule has 2 N–H and O–H groups in total. The van der Waals surface area contributed by atoms with Gasteiger partial charge in [-0.25, -0.2) is 4.79 Å². The molecule has 8 heteroatoms. The van der Waals surface area contributed by atoms with E-state index in [1.807, 2.05) is 24.3 Å². The Morgan fingerprint density at radius 2 is 1.74 bits per heavy atom. The predicted octanol–water partition coefficient (Wildman–Crippen LogP) is 6.41. The van der Waals surface area contributed by atoms with Gasteiger partial charge in [0.25, 0.3) is 5.95 Å². The van der Waals surface area contributed by atoms with Crippen LogP contribution in [0.3, 0.4) is 0 Å². The molecule has 204 valence electrons. The van der Waals surface area contributed by atoms with Gasteiger partial charge in [0.15, 0.2) is 0 Å². The van der Waals surface area contributed by atoms with Crippen molar-refractivity contribution in [3.63, 3.8) is 0 Å². The summed E-state index contributed by atoms with van der Waals surface area (Å²) in [6, 6.07) is 11.6. The molecule has 8 nitrogen and oxygen atoms in total. The largest absolute Gasteiger partial charge is 0.425 e. The predicted molar refractivity (Wildman–Crippen MR) is 149 cm³/mol. The topological polar surface area (TPSA) is 100 Å². The molecular formula is C31H36N4O4. The molecule has 3 aliphatic rings. The number of benzene rings is 1. The number of nitrogens with one attached hydrogen (secondary N) is 1. The summed E-state index contributed by atoms with van der Waals surface area (Å²) in [6.45, 7) is 2.82. The zero-order valence-corrected chi connectivity index (χ0v) is 22.3. The lowest BCUT2D eigenvalue weighted by Crippen LogP contribution is -2.58. The average molecular weight is 529 g/mol. The van der Waals surface area contributed by atoms with Gasteiger partial charge >= 0.3 is 6.09 Å². The number of nitrogens with zero attached hydrogens (tertiary/aromatic N) is 3. The van der Waals surface area contributed by atoms with E-state index >= 15 is 0 Å². The van der Waals surface area contributed by atoms with Crippen molar-refractivity contribution in [1.82, 2.24) is 15.2 Å². The molecule has 0 bridgehead atoms. The lowest BCUT2D eigenvalue weighted by Gasteiger charge is -2.48. The minimum atomic E-state index is -0.490. The first-order chi connectivity index (χ1) is 19.1. The number of likely N-dealkylation sites (tertiary alicyclic amines) is 1. The Morgan fingerprint density at radius 3 is 2.51 bits per heavy atom. The number of piperidine rings is 1. The van der Waals surface area contributed by atoms with Crippen LogP contribution in [0.25, 0.3) is 22.5 Å². The molecule has 1 amide bonds. The summed E-state index contributed by atoms with van der Waals surface area (Å²) >= 11 is 0.